The van der Waals surface area contributed by atoms with Gasteiger partial charge in [-0.05, 0) is 50.2 Å². The van der Waals surface area contributed by atoms with E-state index in [4.69, 9.17) is 9.53 Å². The van der Waals surface area contributed by atoms with Gasteiger partial charge in [0.2, 0.25) is 0 Å². The molecule has 0 aromatic heterocycles. The average Bonchev–Trinajstić information content (AvgIpc) is 2.62. The van der Waals surface area contributed by atoms with E-state index in [0.29, 0.717) is 5.04 Å². The highest BCUT2D eigenvalue weighted by atomic mass is 28.4. The van der Waals surface area contributed by atoms with Crippen molar-refractivity contribution in [2.24, 2.45) is 0 Å². The SMILES string of the molecule is CC(C)(C)[Si](C)(C)OCCCCCC#CCCCCCCCC#CCCCO. The van der Waals surface area contributed by atoms with Crippen LogP contribution in [0, 0.1) is 23.7 Å². The van der Waals surface area contributed by atoms with E-state index in [1.54, 1.807) is 0 Å². The first-order chi connectivity index (χ1) is 13.3. The standard InChI is InChI=1S/C25H46O2Si/c1-25(2,3)28(4,5)27-24-22-20-18-16-14-12-10-8-6-7-9-11-13-15-17-19-21-23-26/h26H,6-11,13,16,18-24H2,1-5H3. The number of aliphatic hydroxyl groups excluding tert-OH is 1. The maximum atomic E-state index is 8.67. The van der Waals surface area contributed by atoms with E-state index in [0.717, 1.165) is 38.7 Å². The molecule has 0 fully saturated rings. The summed E-state index contributed by atoms with van der Waals surface area (Å²) in [4.78, 5) is 0. The molecular formula is C25H46O2Si. The van der Waals surface area contributed by atoms with Crippen molar-refractivity contribution >= 4 is 8.32 Å². The molecule has 0 aliphatic rings. The summed E-state index contributed by atoms with van der Waals surface area (Å²) in [7, 11) is -1.56. The van der Waals surface area contributed by atoms with Crippen LogP contribution in [0.15, 0.2) is 0 Å². The maximum absolute atomic E-state index is 8.67. The molecule has 0 aliphatic heterocycles. The Balaban J connectivity index is 3.39. The second kappa shape index (κ2) is 17.1. The van der Waals surface area contributed by atoms with E-state index >= 15 is 0 Å². The Morgan fingerprint density at radius 1 is 0.643 bits per heavy atom. The second-order valence-electron chi connectivity index (χ2n) is 9.22. The van der Waals surface area contributed by atoms with Crippen molar-refractivity contribution in [3.63, 3.8) is 0 Å². The molecule has 0 radical (unpaired) electrons. The third-order valence-electron chi connectivity index (χ3n) is 5.53. The molecule has 0 bridgehead atoms. The van der Waals surface area contributed by atoms with Crippen molar-refractivity contribution in [1.82, 2.24) is 0 Å². The van der Waals surface area contributed by atoms with Gasteiger partial charge in [0.25, 0.3) is 0 Å². The minimum atomic E-state index is -1.56. The normalized spacial score (nSPS) is 11.5. The van der Waals surface area contributed by atoms with Gasteiger partial charge in [-0.3, -0.25) is 0 Å². The summed E-state index contributed by atoms with van der Waals surface area (Å²) < 4.78 is 6.21. The Morgan fingerprint density at radius 3 is 1.46 bits per heavy atom. The quantitative estimate of drug-likeness (QED) is 0.190. The van der Waals surface area contributed by atoms with Gasteiger partial charge in [-0.25, -0.2) is 0 Å². The first-order valence-electron chi connectivity index (χ1n) is 11.5. The molecule has 28 heavy (non-hydrogen) atoms. The summed E-state index contributed by atoms with van der Waals surface area (Å²) in [5, 5.41) is 8.98. The summed E-state index contributed by atoms with van der Waals surface area (Å²) in [5.74, 6) is 13.0. The fraction of sp³-hybridized carbons (Fsp3) is 0.840. The molecule has 0 saturated carbocycles. The van der Waals surface area contributed by atoms with Gasteiger partial charge in [0.15, 0.2) is 8.32 Å². The molecule has 3 heteroatoms. The fourth-order valence-corrected chi connectivity index (χ4v) is 3.60. The second-order valence-corrected chi connectivity index (χ2v) is 14.0. The third-order valence-corrected chi connectivity index (χ3v) is 10.1. The first kappa shape index (κ1) is 27.3. The zero-order valence-corrected chi connectivity index (χ0v) is 20.5. The Hall–Kier alpha value is -0.743. The van der Waals surface area contributed by atoms with E-state index in [-0.39, 0.29) is 6.61 Å². The van der Waals surface area contributed by atoms with Gasteiger partial charge in [-0.1, -0.05) is 46.5 Å². The maximum Gasteiger partial charge on any atom is 0.191 e. The molecule has 2 nitrogen and oxygen atoms in total. The Bertz CT molecular complexity index is 483. The number of hydrogen-bond donors (Lipinski definition) is 1. The lowest BCUT2D eigenvalue weighted by Gasteiger charge is -2.36. The van der Waals surface area contributed by atoms with Gasteiger partial charge >= 0.3 is 0 Å². The third kappa shape index (κ3) is 16.2. The summed E-state index contributed by atoms with van der Waals surface area (Å²) in [6.07, 6.45) is 14.6. The molecular weight excluding hydrogens is 360 g/mol. The minimum absolute atomic E-state index is 0.254. The molecule has 0 aliphatic carbocycles. The van der Waals surface area contributed by atoms with Crippen LogP contribution in [-0.2, 0) is 4.43 Å². The topological polar surface area (TPSA) is 29.5 Å². The van der Waals surface area contributed by atoms with Gasteiger partial charge in [0.05, 0.1) is 0 Å². The molecule has 0 aromatic carbocycles. The van der Waals surface area contributed by atoms with Crippen LogP contribution in [0.3, 0.4) is 0 Å². The van der Waals surface area contributed by atoms with Crippen molar-refractivity contribution < 1.29 is 9.53 Å². The zero-order chi connectivity index (χ0) is 21.1. The minimum Gasteiger partial charge on any atom is -0.417 e. The van der Waals surface area contributed by atoms with E-state index in [1.165, 1.54) is 51.4 Å². The van der Waals surface area contributed by atoms with Crippen molar-refractivity contribution in [3.05, 3.63) is 0 Å². The predicted octanol–water partition coefficient (Wildman–Crippen LogP) is 7.08. The summed E-state index contributed by atoms with van der Waals surface area (Å²) in [6.45, 7) is 12.7. The van der Waals surface area contributed by atoms with Crippen LogP contribution in [-0.4, -0.2) is 26.6 Å². The Labute approximate surface area is 177 Å². The lowest BCUT2D eigenvalue weighted by Crippen LogP contribution is -2.40. The monoisotopic (exact) mass is 406 g/mol. The van der Waals surface area contributed by atoms with Crippen molar-refractivity contribution in [1.29, 1.82) is 0 Å². The van der Waals surface area contributed by atoms with E-state index in [1.807, 2.05) is 0 Å². The van der Waals surface area contributed by atoms with Gasteiger partial charge < -0.3 is 9.53 Å². The van der Waals surface area contributed by atoms with Gasteiger partial charge in [0.1, 0.15) is 0 Å². The highest BCUT2D eigenvalue weighted by molar-refractivity contribution is 6.74. The van der Waals surface area contributed by atoms with E-state index in [9.17, 15) is 0 Å². The highest BCUT2D eigenvalue weighted by Gasteiger charge is 2.36. The molecule has 0 atom stereocenters. The van der Waals surface area contributed by atoms with Gasteiger partial charge in [-0.2, -0.15) is 0 Å². The van der Waals surface area contributed by atoms with E-state index in [2.05, 4.69) is 57.5 Å². The van der Waals surface area contributed by atoms with Crippen LogP contribution in [0.5, 0.6) is 0 Å². The molecule has 0 spiro atoms. The number of hydrogen-bond acceptors (Lipinski definition) is 2. The van der Waals surface area contributed by atoms with Crippen molar-refractivity contribution in [3.8, 4) is 23.7 Å². The van der Waals surface area contributed by atoms with Crippen LogP contribution in [0.2, 0.25) is 18.1 Å². The Morgan fingerprint density at radius 2 is 1.04 bits per heavy atom. The number of rotatable bonds is 14. The summed E-state index contributed by atoms with van der Waals surface area (Å²) in [6, 6.07) is 0. The molecule has 0 aromatic rings. The first-order valence-corrected chi connectivity index (χ1v) is 14.4. The molecule has 0 unspecified atom stereocenters. The van der Waals surface area contributed by atoms with Gasteiger partial charge in [-0.15, -0.1) is 23.7 Å². The zero-order valence-electron chi connectivity index (χ0n) is 19.5. The van der Waals surface area contributed by atoms with Crippen LogP contribution >= 0.6 is 0 Å². The van der Waals surface area contributed by atoms with Crippen LogP contribution in [0.4, 0.5) is 0 Å². The molecule has 162 valence electrons. The molecule has 1 N–H and O–H groups in total. The molecule has 0 saturated heterocycles. The van der Waals surface area contributed by atoms with Crippen LogP contribution < -0.4 is 0 Å². The Kier molecular flexibility index (Phi) is 16.7. The van der Waals surface area contributed by atoms with Gasteiger partial charge in [0, 0.05) is 38.9 Å². The fourth-order valence-electron chi connectivity index (χ4n) is 2.51. The highest BCUT2D eigenvalue weighted by Crippen LogP contribution is 2.36. The van der Waals surface area contributed by atoms with Crippen LogP contribution in [0.25, 0.3) is 0 Å². The predicted molar refractivity (Wildman–Crippen MR) is 126 cm³/mol. The lowest BCUT2D eigenvalue weighted by molar-refractivity contribution is 0.278. The van der Waals surface area contributed by atoms with Crippen molar-refractivity contribution in [2.45, 2.75) is 122 Å². The van der Waals surface area contributed by atoms with E-state index < -0.39 is 8.32 Å². The largest absolute Gasteiger partial charge is 0.417 e. The lowest BCUT2D eigenvalue weighted by atomic mass is 10.1. The summed E-state index contributed by atoms with van der Waals surface area (Å²) in [5.41, 5.74) is 0. The van der Waals surface area contributed by atoms with Crippen LogP contribution in [0.1, 0.15) is 104 Å². The molecule has 0 rings (SSSR count). The number of aliphatic hydroxyl groups is 1. The average molecular weight is 407 g/mol. The van der Waals surface area contributed by atoms with Crippen molar-refractivity contribution in [2.75, 3.05) is 13.2 Å². The summed E-state index contributed by atoms with van der Waals surface area (Å²) >= 11 is 0. The molecule has 0 amide bonds. The smallest absolute Gasteiger partial charge is 0.191 e. The number of unbranched alkanes of at least 4 members (excludes halogenated alkanes) is 10. The molecule has 0 heterocycles.